The quantitative estimate of drug-likeness (QED) is 0.671. The molecule has 1 unspecified atom stereocenters. The van der Waals surface area contributed by atoms with E-state index in [0.29, 0.717) is 23.7 Å². The van der Waals surface area contributed by atoms with Crippen LogP contribution in [0, 0.1) is 12.8 Å². The second-order valence-electron chi connectivity index (χ2n) is 5.11. The molecule has 4 N–H and O–H groups in total. The maximum Gasteiger partial charge on any atom is 0.260 e. The van der Waals surface area contributed by atoms with Gasteiger partial charge in [-0.15, -0.1) is 0 Å². The van der Waals surface area contributed by atoms with Gasteiger partial charge in [-0.05, 0) is 32.9 Å². The number of aromatic nitrogens is 2. The summed E-state index contributed by atoms with van der Waals surface area (Å²) in [5.41, 5.74) is 6.82. The van der Waals surface area contributed by atoms with E-state index in [-0.39, 0.29) is 11.6 Å². The van der Waals surface area contributed by atoms with E-state index in [2.05, 4.69) is 19.8 Å². The van der Waals surface area contributed by atoms with Crippen LogP contribution in [0.2, 0.25) is 0 Å². The monoisotopic (exact) mass is 287 g/mol. The maximum absolute atomic E-state index is 12.2. The van der Waals surface area contributed by atoms with E-state index in [1.165, 1.54) is 0 Å². The highest BCUT2D eigenvalue weighted by molar-refractivity contribution is 7.89. The number of H-pyrrole nitrogens is 1. The van der Waals surface area contributed by atoms with Crippen LogP contribution >= 0.6 is 0 Å². The number of aryl methyl sites for hydroxylation is 1. The van der Waals surface area contributed by atoms with Crippen LogP contribution in [0.4, 0.5) is 0 Å². The molecule has 19 heavy (non-hydrogen) atoms. The first kappa shape index (κ1) is 14.4. The summed E-state index contributed by atoms with van der Waals surface area (Å²) < 4.78 is 27.0. The lowest BCUT2D eigenvalue weighted by Crippen LogP contribution is -2.31. The predicted octanol–water partition coefficient (Wildman–Crippen LogP) is -0.593. The summed E-state index contributed by atoms with van der Waals surface area (Å²) in [5.74, 6) is 0.362. The average Bonchev–Trinajstić information content (AvgIpc) is 2.93. The molecule has 0 aliphatic carbocycles. The van der Waals surface area contributed by atoms with Gasteiger partial charge in [0.1, 0.15) is 0 Å². The molecule has 1 fully saturated rings. The number of rotatable bonds is 5. The first-order chi connectivity index (χ1) is 8.94. The molecule has 1 aliphatic heterocycles. The molecule has 0 saturated carbocycles. The van der Waals surface area contributed by atoms with Crippen molar-refractivity contribution in [2.24, 2.45) is 11.7 Å². The summed E-state index contributed by atoms with van der Waals surface area (Å²) in [6.45, 7) is 4.31. The van der Waals surface area contributed by atoms with Crippen LogP contribution in [0.3, 0.4) is 0 Å². The van der Waals surface area contributed by atoms with Gasteiger partial charge in [-0.2, -0.15) is 5.10 Å². The van der Waals surface area contributed by atoms with Crippen LogP contribution in [-0.4, -0.2) is 50.2 Å². The third-order valence-corrected chi connectivity index (χ3v) is 4.94. The molecule has 1 aromatic heterocycles. The number of aromatic amines is 1. The van der Waals surface area contributed by atoms with Gasteiger partial charge >= 0.3 is 0 Å². The molecule has 8 heteroatoms. The van der Waals surface area contributed by atoms with Crippen molar-refractivity contribution in [2.45, 2.75) is 24.9 Å². The normalized spacial score (nSPS) is 21.1. The molecule has 0 radical (unpaired) electrons. The van der Waals surface area contributed by atoms with Crippen LogP contribution in [0.1, 0.15) is 17.7 Å². The minimum atomic E-state index is -3.58. The first-order valence-corrected chi connectivity index (χ1v) is 7.84. The molecule has 1 aromatic rings. The van der Waals surface area contributed by atoms with Crippen LogP contribution in [0.15, 0.2) is 5.03 Å². The number of hydrogen-bond donors (Lipinski definition) is 3. The van der Waals surface area contributed by atoms with Gasteiger partial charge < -0.3 is 10.6 Å². The molecule has 2 rings (SSSR count). The number of hydrogen-bond acceptors (Lipinski definition) is 5. The van der Waals surface area contributed by atoms with Gasteiger partial charge in [0, 0.05) is 30.9 Å². The molecular formula is C11H21N5O2S. The number of sulfonamides is 1. The second-order valence-corrected chi connectivity index (χ2v) is 6.79. The van der Waals surface area contributed by atoms with Crippen molar-refractivity contribution in [1.82, 2.24) is 19.8 Å². The zero-order chi connectivity index (χ0) is 14.0. The second kappa shape index (κ2) is 5.58. The van der Waals surface area contributed by atoms with Gasteiger partial charge in [-0.3, -0.25) is 5.10 Å². The lowest BCUT2D eigenvalue weighted by atomic mass is 10.1. The molecule has 1 saturated heterocycles. The maximum atomic E-state index is 12.2. The highest BCUT2D eigenvalue weighted by atomic mass is 32.2. The van der Waals surface area contributed by atoms with Gasteiger partial charge in [0.15, 0.2) is 5.03 Å². The van der Waals surface area contributed by atoms with E-state index in [1.807, 2.05) is 7.05 Å². The van der Waals surface area contributed by atoms with Crippen molar-refractivity contribution in [2.75, 3.05) is 26.7 Å². The van der Waals surface area contributed by atoms with Crippen molar-refractivity contribution in [3.8, 4) is 0 Å². The van der Waals surface area contributed by atoms with Crippen molar-refractivity contribution >= 4 is 10.0 Å². The standard InChI is InChI=1S/C11H21N5O2S/c1-8-10(5-12)11(15-14-8)19(17,18)13-6-9-3-4-16(2)7-9/h9,13H,3-7,12H2,1-2H3,(H,14,15). The van der Waals surface area contributed by atoms with Crippen LogP contribution in [0.5, 0.6) is 0 Å². The first-order valence-electron chi connectivity index (χ1n) is 6.36. The van der Waals surface area contributed by atoms with E-state index in [9.17, 15) is 8.42 Å². The largest absolute Gasteiger partial charge is 0.326 e. The molecule has 0 bridgehead atoms. The van der Waals surface area contributed by atoms with Crippen LogP contribution in [-0.2, 0) is 16.6 Å². The minimum Gasteiger partial charge on any atom is -0.326 e. The molecule has 0 spiro atoms. The lowest BCUT2D eigenvalue weighted by Gasteiger charge is -2.11. The summed E-state index contributed by atoms with van der Waals surface area (Å²) in [6, 6.07) is 0. The summed E-state index contributed by atoms with van der Waals surface area (Å²) >= 11 is 0. The van der Waals surface area contributed by atoms with Gasteiger partial charge in [0.25, 0.3) is 10.0 Å². The lowest BCUT2D eigenvalue weighted by molar-refractivity contribution is 0.394. The molecular weight excluding hydrogens is 266 g/mol. The summed E-state index contributed by atoms with van der Waals surface area (Å²) in [7, 11) is -1.54. The summed E-state index contributed by atoms with van der Waals surface area (Å²) in [6.07, 6.45) is 1.02. The Hall–Kier alpha value is -0.960. The highest BCUT2D eigenvalue weighted by Gasteiger charge is 2.26. The zero-order valence-electron chi connectivity index (χ0n) is 11.3. The van der Waals surface area contributed by atoms with Crippen molar-refractivity contribution in [1.29, 1.82) is 0 Å². The molecule has 1 aliphatic rings. The fourth-order valence-corrected chi connectivity index (χ4v) is 3.70. The number of nitrogens with zero attached hydrogens (tertiary/aromatic N) is 2. The predicted molar refractivity (Wildman–Crippen MR) is 72.0 cm³/mol. The highest BCUT2D eigenvalue weighted by Crippen LogP contribution is 2.17. The smallest absolute Gasteiger partial charge is 0.260 e. The Morgan fingerprint density at radius 2 is 2.32 bits per heavy atom. The Morgan fingerprint density at radius 3 is 2.89 bits per heavy atom. The van der Waals surface area contributed by atoms with E-state index in [0.717, 1.165) is 19.5 Å². The molecule has 108 valence electrons. The minimum absolute atomic E-state index is 0.0267. The molecule has 0 amide bonds. The fraction of sp³-hybridized carbons (Fsp3) is 0.727. The number of likely N-dealkylation sites (tertiary alicyclic amines) is 1. The Morgan fingerprint density at radius 1 is 1.58 bits per heavy atom. The van der Waals surface area contributed by atoms with Gasteiger partial charge in [0.05, 0.1) is 0 Å². The third-order valence-electron chi connectivity index (χ3n) is 3.55. The van der Waals surface area contributed by atoms with E-state index < -0.39 is 10.0 Å². The Labute approximate surface area is 113 Å². The fourth-order valence-electron chi connectivity index (χ4n) is 2.38. The van der Waals surface area contributed by atoms with Crippen molar-refractivity contribution in [3.63, 3.8) is 0 Å². The third kappa shape index (κ3) is 3.14. The van der Waals surface area contributed by atoms with Crippen LogP contribution < -0.4 is 10.5 Å². The van der Waals surface area contributed by atoms with Gasteiger partial charge in [-0.1, -0.05) is 0 Å². The van der Waals surface area contributed by atoms with Crippen molar-refractivity contribution in [3.05, 3.63) is 11.3 Å². The van der Waals surface area contributed by atoms with E-state index in [1.54, 1.807) is 6.92 Å². The van der Waals surface area contributed by atoms with Gasteiger partial charge in [-0.25, -0.2) is 13.1 Å². The Bertz CT molecular complexity index is 539. The number of nitrogens with one attached hydrogen (secondary N) is 2. The molecule has 7 nitrogen and oxygen atoms in total. The topological polar surface area (TPSA) is 104 Å². The van der Waals surface area contributed by atoms with E-state index in [4.69, 9.17) is 5.73 Å². The molecule has 1 atom stereocenters. The summed E-state index contributed by atoms with van der Waals surface area (Å²) in [5, 5.41) is 6.55. The zero-order valence-corrected chi connectivity index (χ0v) is 12.1. The van der Waals surface area contributed by atoms with Gasteiger partial charge in [0.2, 0.25) is 0 Å². The average molecular weight is 287 g/mol. The Balaban J connectivity index is 2.06. The van der Waals surface area contributed by atoms with Crippen molar-refractivity contribution < 1.29 is 8.42 Å². The van der Waals surface area contributed by atoms with Crippen LogP contribution in [0.25, 0.3) is 0 Å². The molecule has 2 heterocycles. The molecule has 0 aromatic carbocycles. The van der Waals surface area contributed by atoms with E-state index >= 15 is 0 Å². The Kier molecular flexibility index (Phi) is 4.24. The SMILES string of the molecule is Cc1[nH]nc(S(=O)(=O)NCC2CCN(C)C2)c1CN. The summed E-state index contributed by atoms with van der Waals surface area (Å²) in [4.78, 5) is 2.20. The number of nitrogens with two attached hydrogens (primary N) is 1.